The number of nitrogens with one attached hydrogen (secondary N) is 1. The van der Waals surface area contributed by atoms with E-state index in [1.54, 1.807) is 30.5 Å². The highest BCUT2D eigenvalue weighted by Gasteiger charge is 2.19. The van der Waals surface area contributed by atoms with E-state index in [2.05, 4.69) is 15.3 Å². The number of nitrogens with zero attached hydrogens (tertiary/aromatic N) is 3. The van der Waals surface area contributed by atoms with Crippen molar-refractivity contribution in [3.8, 4) is 11.6 Å². The van der Waals surface area contributed by atoms with Crippen molar-refractivity contribution in [3.63, 3.8) is 0 Å². The van der Waals surface area contributed by atoms with Crippen LogP contribution in [0.1, 0.15) is 22.5 Å². The second-order valence-corrected chi connectivity index (χ2v) is 6.71. The van der Waals surface area contributed by atoms with Crippen LogP contribution in [0.15, 0.2) is 36.7 Å². The second-order valence-electron chi connectivity index (χ2n) is 6.71. The summed E-state index contributed by atoms with van der Waals surface area (Å²) >= 11 is 0. The fraction of sp³-hybridized carbons (Fsp3) is 0.350. The van der Waals surface area contributed by atoms with E-state index in [0.717, 1.165) is 37.4 Å². The Balaban J connectivity index is 1.60. The molecule has 0 bridgehead atoms. The Morgan fingerprint density at radius 2 is 2.18 bits per heavy atom. The Hall–Kier alpha value is -3.13. The summed E-state index contributed by atoms with van der Waals surface area (Å²) in [5, 5.41) is 2.78. The summed E-state index contributed by atoms with van der Waals surface area (Å²) in [5.41, 5.74) is 2.11. The molecule has 8 nitrogen and oxygen atoms in total. The minimum absolute atomic E-state index is 0.320. The van der Waals surface area contributed by atoms with Crippen molar-refractivity contribution in [2.75, 3.05) is 32.8 Å². The number of anilines is 1. The van der Waals surface area contributed by atoms with E-state index in [-0.39, 0.29) is 5.91 Å². The molecule has 4 heterocycles. The standard InChI is InChI=1S/C20H22N4O4/c1-26-16-9-18-21-14(8-13-6-7-28-12-13)10-24(18)11-15(16)20(25)23-17-4-3-5-19(22-17)27-2/h3-5,9-11,13H,6-8,12H2,1-2H3,(H,22,23,25)/t13-/m0/s1. The van der Waals surface area contributed by atoms with Gasteiger partial charge >= 0.3 is 0 Å². The molecule has 0 saturated carbocycles. The number of carbonyl (C=O) groups is 1. The summed E-state index contributed by atoms with van der Waals surface area (Å²) in [6, 6.07) is 6.94. The molecule has 0 unspecified atom stereocenters. The number of hydrogen-bond donors (Lipinski definition) is 1. The number of fused-ring (bicyclic) bond motifs is 1. The Labute approximate surface area is 162 Å². The summed E-state index contributed by atoms with van der Waals surface area (Å²) < 4.78 is 17.8. The van der Waals surface area contributed by atoms with Gasteiger partial charge < -0.3 is 23.9 Å². The highest BCUT2D eigenvalue weighted by molar-refractivity contribution is 6.05. The number of methoxy groups -OCH3 is 2. The third kappa shape index (κ3) is 3.77. The highest BCUT2D eigenvalue weighted by atomic mass is 16.5. The van der Waals surface area contributed by atoms with E-state index in [1.165, 1.54) is 14.2 Å². The van der Waals surface area contributed by atoms with Crippen molar-refractivity contribution >= 4 is 17.4 Å². The maximum atomic E-state index is 12.8. The van der Waals surface area contributed by atoms with Crippen LogP contribution in [-0.2, 0) is 11.2 Å². The summed E-state index contributed by atoms with van der Waals surface area (Å²) in [5.74, 6) is 1.45. The van der Waals surface area contributed by atoms with E-state index in [1.807, 2.05) is 10.6 Å². The van der Waals surface area contributed by atoms with Gasteiger partial charge in [-0.05, 0) is 24.8 Å². The zero-order valence-electron chi connectivity index (χ0n) is 15.8. The monoisotopic (exact) mass is 382 g/mol. The van der Waals surface area contributed by atoms with Crippen LogP contribution in [0.4, 0.5) is 5.82 Å². The third-order valence-electron chi connectivity index (χ3n) is 4.77. The fourth-order valence-corrected chi connectivity index (χ4v) is 3.33. The number of rotatable bonds is 6. The molecule has 4 rings (SSSR count). The topological polar surface area (TPSA) is 87.0 Å². The second kappa shape index (κ2) is 7.85. The van der Waals surface area contributed by atoms with Gasteiger partial charge in [0, 0.05) is 37.7 Å². The first-order chi connectivity index (χ1) is 13.7. The molecule has 3 aromatic rings. The van der Waals surface area contributed by atoms with Crippen LogP contribution in [0.2, 0.25) is 0 Å². The molecule has 3 aromatic heterocycles. The molecule has 8 heteroatoms. The Kier molecular flexibility index (Phi) is 5.12. The Bertz CT molecular complexity index is 995. The predicted molar refractivity (Wildman–Crippen MR) is 103 cm³/mol. The molecular weight excluding hydrogens is 360 g/mol. The van der Waals surface area contributed by atoms with Gasteiger partial charge in [0.25, 0.3) is 5.91 Å². The predicted octanol–water partition coefficient (Wildman–Crippen LogP) is 2.58. The lowest BCUT2D eigenvalue weighted by atomic mass is 10.0. The van der Waals surface area contributed by atoms with Crippen molar-refractivity contribution in [2.24, 2.45) is 5.92 Å². The molecule has 1 saturated heterocycles. The van der Waals surface area contributed by atoms with Crippen molar-refractivity contribution in [2.45, 2.75) is 12.8 Å². The summed E-state index contributed by atoms with van der Waals surface area (Å²) in [4.78, 5) is 21.7. The number of aromatic nitrogens is 3. The molecule has 1 amide bonds. The molecule has 0 aromatic carbocycles. The summed E-state index contributed by atoms with van der Waals surface area (Å²) in [6.45, 7) is 1.59. The van der Waals surface area contributed by atoms with Crippen molar-refractivity contribution in [1.82, 2.24) is 14.4 Å². The lowest BCUT2D eigenvalue weighted by molar-refractivity contribution is 0.102. The molecule has 0 spiro atoms. The number of hydrogen-bond acceptors (Lipinski definition) is 6. The van der Waals surface area contributed by atoms with Crippen molar-refractivity contribution in [3.05, 3.63) is 47.9 Å². The molecular formula is C20H22N4O4. The SMILES string of the molecule is COc1cccc(NC(=O)c2cn3cc(C[C@@H]4CCOC4)nc3cc2OC)n1. The molecule has 1 atom stereocenters. The number of ether oxygens (including phenoxy) is 3. The highest BCUT2D eigenvalue weighted by Crippen LogP contribution is 2.24. The maximum absolute atomic E-state index is 12.8. The van der Waals surface area contributed by atoms with Crippen LogP contribution in [0.3, 0.4) is 0 Å². The van der Waals surface area contributed by atoms with Gasteiger partial charge in [0.15, 0.2) is 0 Å². The average molecular weight is 382 g/mol. The zero-order valence-corrected chi connectivity index (χ0v) is 15.8. The summed E-state index contributed by atoms with van der Waals surface area (Å²) in [6.07, 6.45) is 5.59. The van der Waals surface area contributed by atoms with Crippen molar-refractivity contribution < 1.29 is 19.0 Å². The smallest absolute Gasteiger partial charge is 0.262 e. The third-order valence-corrected chi connectivity index (χ3v) is 4.77. The largest absolute Gasteiger partial charge is 0.496 e. The van der Waals surface area contributed by atoms with Gasteiger partial charge in [-0.15, -0.1) is 0 Å². The number of amides is 1. The minimum Gasteiger partial charge on any atom is -0.496 e. The molecule has 0 aliphatic carbocycles. The number of imidazole rings is 1. The van der Waals surface area contributed by atoms with Gasteiger partial charge in [-0.2, -0.15) is 4.98 Å². The van der Waals surface area contributed by atoms with Crippen LogP contribution in [-0.4, -0.2) is 47.7 Å². The first kappa shape index (κ1) is 18.2. The molecule has 0 radical (unpaired) electrons. The molecule has 146 valence electrons. The van der Waals surface area contributed by atoms with Crippen LogP contribution in [0.5, 0.6) is 11.6 Å². The van der Waals surface area contributed by atoms with Gasteiger partial charge in [0.1, 0.15) is 17.2 Å². The van der Waals surface area contributed by atoms with E-state index < -0.39 is 0 Å². The Morgan fingerprint density at radius 3 is 2.93 bits per heavy atom. The molecule has 1 aliphatic rings. The van der Waals surface area contributed by atoms with Gasteiger partial charge in [-0.25, -0.2) is 4.98 Å². The number of carbonyl (C=O) groups excluding carboxylic acids is 1. The van der Waals surface area contributed by atoms with Gasteiger partial charge in [-0.3, -0.25) is 4.79 Å². The fourth-order valence-electron chi connectivity index (χ4n) is 3.33. The average Bonchev–Trinajstić information content (AvgIpc) is 3.36. The van der Waals surface area contributed by atoms with E-state index in [4.69, 9.17) is 14.2 Å². The maximum Gasteiger partial charge on any atom is 0.262 e. The lowest BCUT2D eigenvalue weighted by Crippen LogP contribution is -2.15. The van der Waals surface area contributed by atoms with E-state index in [9.17, 15) is 4.79 Å². The van der Waals surface area contributed by atoms with Gasteiger partial charge in [0.2, 0.25) is 5.88 Å². The van der Waals surface area contributed by atoms with E-state index >= 15 is 0 Å². The first-order valence-corrected chi connectivity index (χ1v) is 9.12. The normalized spacial score (nSPS) is 16.3. The van der Waals surface area contributed by atoms with Crippen LogP contribution < -0.4 is 14.8 Å². The zero-order chi connectivity index (χ0) is 19.5. The summed E-state index contributed by atoms with van der Waals surface area (Å²) in [7, 11) is 3.06. The molecule has 1 fully saturated rings. The molecule has 1 aliphatic heterocycles. The number of pyridine rings is 2. The molecule has 1 N–H and O–H groups in total. The quantitative estimate of drug-likeness (QED) is 0.705. The lowest BCUT2D eigenvalue weighted by Gasteiger charge is -2.10. The molecule has 28 heavy (non-hydrogen) atoms. The van der Waals surface area contributed by atoms with Gasteiger partial charge in [-0.1, -0.05) is 6.07 Å². The van der Waals surface area contributed by atoms with Gasteiger partial charge in [0.05, 0.1) is 25.5 Å². The Morgan fingerprint density at radius 1 is 1.29 bits per heavy atom. The minimum atomic E-state index is -0.320. The van der Waals surface area contributed by atoms with Crippen LogP contribution in [0, 0.1) is 5.92 Å². The van der Waals surface area contributed by atoms with Crippen LogP contribution >= 0.6 is 0 Å². The van der Waals surface area contributed by atoms with Crippen LogP contribution in [0.25, 0.3) is 5.65 Å². The van der Waals surface area contributed by atoms with Crippen molar-refractivity contribution in [1.29, 1.82) is 0 Å². The first-order valence-electron chi connectivity index (χ1n) is 9.12. The van der Waals surface area contributed by atoms with E-state index in [0.29, 0.717) is 28.9 Å².